The molecular weight excluding hydrogens is 240 g/mol. The molecule has 100 valence electrons. The number of hydrogen-bond donors (Lipinski definition) is 1. The van der Waals surface area contributed by atoms with E-state index in [1.165, 1.54) is 0 Å². The Balaban J connectivity index is 2.27. The van der Waals surface area contributed by atoms with E-state index in [2.05, 4.69) is 4.90 Å². The number of aliphatic hydroxyl groups is 1. The number of carbonyl (C=O) groups excluding carboxylic acids is 1. The number of hydrogen-bond acceptors (Lipinski definition) is 3. The van der Waals surface area contributed by atoms with Crippen molar-refractivity contribution in [2.24, 2.45) is 0 Å². The van der Waals surface area contributed by atoms with Crippen LogP contribution in [-0.2, 0) is 4.79 Å². The van der Waals surface area contributed by atoms with Gasteiger partial charge in [-0.3, -0.25) is 9.69 Å². The molecule has 0 atom stereocenters. The Morgan fingerprint density at radius 3 is 2.71 bits per heavy atom. The van der Waals surface area contributed by atoms with Crippen LogP contribution in [0.2, 0.25) is 0 Å². The predicted molar refractivity (Wildman–Crippen MR) is 69.3 cm³/mol. The summed E-state index contributed by atoms with van der Waals surface area (Å²) < 4.78 is 0. The monoisotopic (exact) mass is 262 g/mol. The van der Waals surface area contributed by atoms with Gasteiger partial charge in [0.15, 0.2) is 0 Å². The van der Waals surface area contributed by atoms with Crippen molar-refractivity contribution in [1.82, 2.24) is 9.80 Å². The number of alkyl halides is 1. The number of β-amino-alcohol motifs (C(OH)–C–C–N with tert-alkyl or cyclic N) is 1. The zero-order chi connectivity index (χ0) is 12.5. The highest BCUT2D eigenvalue weighted by atomic mass is 35.5. The molecule has 0 bridgehead atoms. The van der Waals surface area contributed by atoms with Gasteiger partial charge < -0.3 is 10.0 Å². The molecule has 5 heteroatoms. The first-order valence-corrected chi connectivity index (χ1v) is 6.98. The zero-order valence-electron chi connectivity index (χ0n) is 10.4. The standard InChI is InChI=1S/C12H23ClN2O2/c13-5-2-1-4-12(17)15-7-3-6-14(8-9-15)10-11-16/h16H,1-11H2. The van der Waals surface area contributed by atoms with E-state index >= 15 is 0 Å². The molecule has 0 unspecified atom stereocenters. The lowest BCUT2D eigenvalue weighted by Crippen LogP contribution is -2.35. The molecule has 1 amide bonds. The number of rotatable bonds is 6. The van der Waals surface area contributed by atoms with Gasteiger partial charge in [0.25, 0.3) is 0 Å². The third-order valence-corrected chi connectivity index (χ3v) is 3.40. The number of unbranched alkanes of at least 4 members (excludes halogenated alkanes) is 1. The summed E-state index contributed by atoms with van der Waals surface area (Å²) in [7, 11) is 0. The Kier molecular flexibility index (Phi) is 7.56. The number of carbonyl (C=O) groups is 1. The van der Waals surface area contributed by atoms with Crippen LogP contribution in [0.15, 0.2) is 0 Å². The summed E-state index contributed by atoms with van der Waals surface area (Å²) in [5.74, 6) is 0.887. The molecule has 0 radical (unpaired) electrons. The van der Waals surface area contributed by atoms with Crippen LogP contribution in [0.3, 0.4) is 0 Å². The van der Waals surface area contributed by atoms with Crippen molar-refractivity contribution in [1.29, 1.82) is 0 Å². The Bertz CT molecular complexity index is 227. The Morgan fingerprint density at radius 2 is 2.00 bits per heavy atom. The SMILES string of the molecule is O=C(CCCCCl)N1CCCN(CCO)CC1. The molecule has 1 N–H and O–H groups in total. The van der Waals surface area contributed by atoms with Gasteiger partial charge in [0, 0.05) is 38.5 Å². The number of amides is 1. The molecule has 1 rings (SSSR count). The normalized spacial score (nSPS) is 18.1. The molecule has 0 aliphatic carbocycles. The number of aliphatic hydroxyl groups excluding tert-OH is 1. The molecule has 4 nitrogen and oxygen atoms in total. The van der Waals surface area contributed by atoms with E-state index in [0.717, 1.165) is 45.4 Å². The first-order valence-electron chi connectivity index (χ1n) is 6.45. The molecule has 1 saturated heterocycles. The maximum atomic E-state index is 11.9. The third kappa shape index (κ3) is 5.70. The Labute approximate surface area is 109 Å². The largest absolute Gasteiger partial charge is 0.395 e. The maximum Gasteiger partial charge on any atom is 0.222 e. The second-order valence-electron chi connectivity index (χ2n) is 4.45. The quantitative estimate of drug-likeness (QED) is 0.572. The molecule has 0 aromatic carbocycles. The van der Waals surface area contributed by atoms with E-state index in [4.69, 9.17) is 16.7 Å². The van der Waals surface area contributed by atoms with E-state index in [1.807, 2.05) is 4.90 Å². The lowest BCUT2D eigenvalue weighted by atomic mass is 10.2. The molecule has 1 heterocycles. The van der Waals surface area contributed by atoms with Crippen molar-refractivity contribution >= 4 is 17.5 Å². The Morgan fingerprint density at radius 1 is 1.18 bits per heavy atom. The van der Waals surface area contributed by atoms with Crippen LogP contribution in [0.1, 0.15) is 25.7 Å². The third-order valence-electron chi connectivity index (χ3n) is 3.13. The van der Waals surface area contributed by atoms with Crippen LogP contribution in [0, 0.1) is 0 Å². The molecule has 0 spiro atoms. The second-order valence-corrected chi connectivity index (χ2v) is 4.82. The van der Waals surface area contributed by atoms with Crippen molar-refractivity contribution in [3.63, 3.8) is 0 Å². The summed E-state index contributed by atoms with van der Waals surface area (Å²) >= 11 is 5.60. The van der Waals surface area contributed by atoms with E-state index in [9.17, 15) is 4.79 Å². The summed E-state index contributed by atoms with van der Waals surface area (Å²) in [6.07, 6.45) is 3.42. The molecular formula is C12H23ClN2O2. The summed E-state index contributed by atoms with van der Waals surface area (Å²) in [5.41, 5.74) is 0. The lowest BCUT2D eigenvalue weighted by molar-refractivity contribution is -0.131. The van der Waals surface area contributed by atoms with Gasteiger partial charge in [-0.25, -0.2) is 0 Å². The van der Waals surface area contributed by atoms with Gasteiger partial charge in [0.1, 0.15) is 0 Å². The first kappa shape index (κ1) is 14.7. The van der Waals surface area contributed by atoms with Gasteiger partial charge >= 0.3 is 0 Å². The van der Waals surface area contributed by atoms with Crippen LogP contribution >= 0.6 is 11.6 Å². The van der Waals surface area contributed by atoms with Crippen LogP contribution < -0.4 is 0 Å². The van der Waals surface area contributed by atoms with Crippen LogP contribution in [0.4, 0.5) is 0 Å². The molecule has 0 saturated carbocycles. The minimum absolute atomic E-state index is 0.198. The van der Waals surface area contributed by atoms with E-state index in [1.54, 1.807) is 0 Å². The van der Waals surface area contributed by atoms with E-state index in [-0.39, 0.29) is 12.5 Å². The second kappa shape index (κ2) is 8.72. The van der Waals surface area contributed by atoms with Gasteiger partial charge in [-0.15, -0.1) is 11.6 Å². The summed E-state index contributed by atoms with van der Waals surface area (Å²) in [4.78, 5) is 16.1. The van der Waals surface area contributed by atoms with Crippen LogP contribution in [0.25, 0.3) is 0 Å². The van der Waals surface area contributed by atoms with E-state index in [0.29, 0.717) is 18.8 Å². The molecule has 0 aromatic heterocycles. The number of nitrogens with zero attached hydrogens (tertiary/aromatic N) is 2. The zero-order valence-corrected chi connectivity index (χ0v) is 11.2. The highest BCUT2D eigenvalue weighted by molar-refractivity contribution is 6.17. The summed E-state index contributed by atoms with van der Waals surface area (Å²) in [6, 6.07) is 0. The van der Waals surface area contributed by atoms with Crippen LogP contribution in [0.5, 0.6) is 0 Å². The fourth-order valence-electron chi connectivity index (χ4n) is 2.11. The fraction of sp³-hybridized carbons (Fsp3) is 0.917. The predicted octanol–water partition coefficient (Wildman–Crippen LogP) is 0.922. The highest BCUT2D eigenvalue weighted by Crippen LogP contribution is 2.07. The molecule has 17 heavy (non-hydrogen) atoms. The number of halogens is 1. The highest BCUT2D eigenvalue weighted by Gasteiger charge is 2.18. The molecule has 0 aromatic rings. The molecule has 1 aliphatic rings. The Hall–Kier alpha value is -0.320. The van der Waals surface area contributed by atoms with Crippen molar-refractivity contribution < 1.29 is 9.90 Å². The van der Waals surface area contributed by atoms with Gasteiger partial charge in [0.2, 0.25) is 5.91 Å². The topological polar surface area (TPSA) is 43.8 Å². The van der Waals surface area contributed by atoms with Gasteiger partial charge in [-0.1, -0.05) is 0 Å². The smallest absolute Gasteiger partial charge is 0.222 e. The fourth-order valence-corrected chi connectivity index (χ4v) is 2.30. The van der Waals surface area contributed by atoms with Crippen molar-refractivity contribution in [3.05, 3.63) is 0 Å². The summed E-state index contributed by atoms with van der Waals surface area (Å²) in [6.45, 7) is 4.41. The van der Waals surface area contributed by atoms with Crippen molar-refractivity contribution in [2.75, 3.05) is 45.2 Å². The molecule has 1 aliphatic heterocycles. The van der Waals surface area contributed by atoms with Crippen molar-refractivity contribution in [3.8, 4) is 0 Å². The van der Waals surface area contributed by atoms with E-state index < -0.39 is 0 Å². The minimum Gasteiger partial charge on any atom is -0.395 e. The van der Waals surface area contributed by atoms with Gasteiger partial charge in [0.05, 0.1) is 6.61 Å². The van der Waals surface area contributed by atoms with Crippen LogP contribution in [-0.4, -0.2) is 66.0 Å². The maximum absolute atomic E-state index is 11.9. The first-order chi connectivity index (χ1) is 8.27. The average molecular weight is 263 g/mol. The van der Waals surface area contributed by atoms with Gasteiger partial charge in [-0.05, 0) is 25.8 Å². The lowest BCUT2D eigenvalue weighted by Gasteiger charge is -2.21. The van der Waals surface area contributed by atoms with Crippen molar-refractivity contribution in [2.45, 2.75) is 25.7 Å². The van der Waals surface area contributed by atoms with Gasteiger partial charge in [-0.2, -0.15) is 0 Å². The average Bonchev–Trinajstić information content (AvgIpc) is 2.55. The molecule has 1 fully saturated rings. The summed E-state index contributed by atoms with van der Waals surface area (Å²) in [5, 5.41) is 8.89. The minimum atomic E-state index is 0.198.